The van der Waals surface area contributed by atoms with Gasteiger partial charge in [0.05, 0.1) is 4.92 Å². The lowest BCUT2D eigenvalue weighted by atomic mass is 10.3. The Labute approximate surface area is 120 Å². The second-order valence-corrected chi connectivity index (χ2v) is 5.83. The van der Waals surface area contributed by atoms with Gasteiger partial charge in [-0.1, -0.05) is 6.92 Å². The summed E-state index contributed by atoms with van der Waals surface area (Å²) in [4.78, 5) is 8.51. The van der Waals surface area contributed by atoms with Crippen molar-refractivity contribution < 1.29 is 22.1 Å². The highest BCUT2D eigenvalue weighted by atomic mass is 32.2. The van der Waals surface area contributed by atoms with Crippen molar-refractivity contribution >= 4 is 15.7 Å². The number of nitrogens with zero attached hydrogens (tertiary/aromatic N) is 1. The molecular weight excluding hydrogens is 308 g/mol. The Morgan fingerprint density at radius 2 is 1.90 bits per heavy atom. The lowest BCUT2D eigenvalue weighted by molar-refractivity contribution is -0.387. The molecule has 0 heterocycles. The van der Waals surface area contributed by atoms with Crippen molar-refractivity contribution in [2.24, 2.45) is 0 Å². The highest BCUT2D eigenvalue weighted by Gasteiger charge is 2.25. The van der Waals surface area contributed by atoms with Crippen LogP contribution in [0, 0.1) is 21.7 Å². The second kappa shape index (κ2) is 7.38. The maximum Gasteiger partial charge on any atom is 0.306 e. The van der Waals surface area contributed by atoms with Crippen LogP contribution in [0.5, 0.6) is 0 Å². The smallest absolute Gasteiger partial charge is 0.306 e. The molecule has 10 heteroatoms. The van der Waals surface area contributed by atoms with Crippen LogP contribution in [0.4, 0.5) is 14.5 Å². The number of rotatable bonds is 8. The monoisotopic (exact) mass is 323 g/mol. The molecule has 118 valence electrons. The number of hydrogen-bond donors (Lipinski definition) is 2. The summed E-state index contributed by atoms with van der Waals surface area (Å²) in [5.41, 5.74) is -1.09. The molecule has 7 nitrogen and oxygen atoms in total. The minimum Gasteiger partial charge on any atom is -0.317 e. The van der Waals surface area contributed by atoms with Crippen LogP contribution in [0.2, 0.25) is 0 Å². The zero-order chi connectivity index (χ0) is 16.0. The molecule has 0 aliphatic rings. The first-order valence-corrected chi connectivity index (χ1v) is 7.61. The predicted molar refractivity (Wildman–Crippen MR) is 71.4 cm³/mol. The molecule has 0 aliphatic heterocycles. The van der Waals surface area contributed by atoms with Gasteiger partial charge >= 0.3 is 5.69 Å². The van der Waals surface area contributed by atoms with E-state index in [9.17, 15) is 27.3 Å². The number of hydrogen-bond acceptors (Lipinski definition) is 5. The first-order chi connectivity index (χ1) is 9.79. The van der Waals surface area contributed by atoms with Gasteiger partial charge in [-0.15, -0.1) is 0 Å². The van der Waals surface area contributed by atoms with E-state index in [2.05, 4.69) is 10.0 Å². The van der Waals surface area contributed by atoms with Crippen molar-refractivity contribution in [1.29, 1.82) is 0 Å². The molecule has 0 bridgehead atoms. The largest absolute Gasteiger partial charge is 0.317 e. The lowest BCUT2D eigenvalue weighted by Gasteiger charge is -2.08. The van der Waals surface area contributed by atoms with E-state index in [1.807, 2.05) is 6.92 Å². The van der Waals surface area contributed by atoms with Gasteiger partial charge in [0.1, 0.15) is 10.7 Å². The fourth-order valence-corrected chi connectivity index (χ4v) is 2.69. The van der Waals surface area contributed by atoms with Gasteiger partial charge in [-0.25, -0.2) is 17.5 Å². The fraction of sp³-hybridized carbons (Fsp3) is 0.455. The van der Waals surface area contributed by atoms with Crippen molar-refractivity contribution in [2.75, 3.05) is 19.6 Å². The quantitative estimate of drug-likeness (QED) is 0.424. The summed E-state index contributed by atoms with van der Waals surface area (Å²) < 4.78 is 52.5. The third-order valence-electron chi connectivity index (χ3n) is 2.56. The number of nitrogens with one attached hydrogen (secondary N) is 2. The van der Waals surface area contributed by atoms with Gasteiger partial charge in [-0.2, -0.15) is 4.39 Å². The molecule has 0 saturated heterocycles. The molecule has 1 aromatic carbocycles. The van der Waals surface area contributed by atoms with Crippen LogP contribution in [-0.2, 0) is 10.0 Å². The van der Waals surface area contributed by atoms with Gasteiger partial charge in [-0.05, 0) is 19.5 Å². The molecule has 1 rings (SSSR count). The molecule has 1 aromatic rings. The Kier molecular flexibility index (Phi) is 6.12. The van der Waals surface area contributed by atoms with Crippen molar-refractivity contribution in [3.8, 4) is 0 Å². The SMILES string of the molecule is CCNCCCNS(=O)(=O)c1cc([N+](=O)[O-])c(F)cc1F. The molecule has 0 saturated carbocycles. The van der Waals surface area contributed by atoms with Gasteiger partial charge in [0.2, 0.25) is 15.8 Å². The predicted octanol–water partition coefficient (Wildman–Crippen LogP) is 1.15. The summed E-state index contributed by atoms with van der Waals surface area (Å²) in [6, 6.07) is 0.558. The average Bonchev–Trinajstić information content (AvgIpc) is 2.37. The Balaban J connectivity index is 2.92. The maximum atomic E-state index is 13.5. The summed E-state index contributed by atoms with van der Waals surface area (Å²) in [6.07, 6.45) is 0.456. The first-order valence-electron chi connectivity index (χ1n) is 6.13. The van der Waals surface area contributed by atoms with E-state index >= 15 is 0 Å². The Hall–Kier alpha value is -1.65. The van der Waals surface area contributed by atoms with E-state index in [0.717, 1.165) is 6.54 Å². The second-order valence-electron chi connectivity index (χ2n) is 4.10. The van der Waals surface area contributed by atoms with Gasteiger partial charge in [0.15, 0.2) is 0 Å². The van der Waals surface area contributed by atoms with E-state index < -0.39 is 37.2 Å². The summed E-state index contributed by atoms with van der Waals surface area (Å²) in [5.74, 6) is -2.80. The molecular formula is C11H15F2N3O4S. The molecule has 0 aliphatic carbocycles. The van der Waals surface area contributed by atoms with E-state index in [4.69, 9.17) is 0 Å². The highest BCUT2D eigenvalue weighted by Crippen LogP contribution is 2.24. The van der Waals surface area contributed by atoms with Crippen LogP contribution >= 0.6 is 0 Å². The summed E-state index contributed by atoms with van der Waals surface area (Å²) in [6.45, 7) is 3.20. The molecule has 0 unspecified atom stereocenters. The highest BCUT2D eigenvalue weighted by molar-refractivity contribution is 7.89. The van der Waals surface area contributed by atoms with Gasteiger partial charge in [0.25, 0.3) is 0 Å². The first kappa shape index (κ1) is 17.4. The molecule has 0 aromatic heterocycles. The molecule has 21 heavy (non-hydrogen) atoms. The molecule has 0 radical (unpaired) electrons. The van der Waals surface area contributed by atoms with Crippen molar-refractivity contribution in [1.82, 2.24) is 10.0 Å². The number of nitro benzene ring substituents is 1. The zero-order valence-electron chi connectivity index (χ0n) is 11.2. The summed E-state index contributed by atoms with van der Waals surface area (Å²) in [7, 11) is -4.27. The van der Waals surface area contributed by atoms with E-state index in [-0.39, 0.29) is 12.6 Å². The topological polar surface area (TPSA) is 101 Å². The van der Waals surface area contributed by atoms with Crippen LogP contribution in [0.3, 0.4) is 0 Å². The van der Waals surface area contributed by atoms with Crippen LogP contribution in [0.25, 0.3) is 0 Å². The summed E-state index contributed by atoms with van der Waals surface area (Å²) >= 11 is 0. The minimum absolute atomic E-state index is 0.0277. The third kappa shape index (κ3) is 4.69. The van der Waals surface area contributed by atoms with Gasteiger partial charge in [0, 0.05) is 18.7 Å². The van der Waals surface area contributed by atoms with Crippen LogP contribution in [-0.4, -0.2) is 33.0 Å². The normalized spacial score (nSPS) is 11.6. The zero-order valence-corrected chi connectivity index (χ0v) is 12.0. The van der Waals surface area contributed by atoms with Crippen LogP contribution < -0.4 is 10.0 Å². The number of halogens is 2. The number of benzene rings is 1. The number of nitro groups is 1. The molecule has 0 fully saturated rings. The van der Waals surface area contributed by atoms with Crippen molar-refractivity contribution in [2.45, 2.75) is 18.2 Å². The van der Waals surface area contributed by atoms with Crippen molar-refractivity contribution in [3.05, 3.63) is 33.9 Å². The fourth-order valence-electron chi connectivity index (χ4n) is 1.54. The molecule has 0 atom stereocenters. The molecule has 0 amide bonds. The van der Waals surface area contributed by atoms with E-state index in [1.165, 1.54) is 0 Å². The van der Waals surface area contributed by atoms with E-state index in [1.54, 1.807) is 0 Å². The average molecular weight is 323 g/mol. The lowest BCUT2D eigenvalue weighted by Crippen LogP contribution is -2.28. The Morgan fingerprint density at radius 1 is 1.24 bits per heavy atom. The van der Waals surface area contributed by atoms with Crippen LogP contribution in [0.1, 0.15) is 13.3 Å². The van der Waals surface area contributed by atoms with Gasteiger partial charge < -0.3 is 5.32 Å². The summed E-state index contributed by atoms with van der Waals surface area (Å²) in [5, 5.41) is 13.5. The van der Waals surface area contributed by atoms with E-state index in [0.29, 0.717) is 19.0 Å². The standard InChI is InChI=1S/C11H15F2N3O4S/c1-2-14-4-3-5-15-21(19,20)11-7-10(16(17)18)8(12)6-9(11)13/h6-7,14-15H,2-5H2,1H3. The Bertz CT molecular complexity index is 622. The molecule has 2 N–H and O–H groups in total. The Morgan fingerprint density at radius 3 is 2.48 bits per heavy atom. The van der Waals surface area contributed by atoms with Crippen LogP contribution in [0.15, 0.2) is 17.0 Å². The number of sulfonamides is 1. The minimum atomic E-state index is -4.27. The third-order valence-corrected chi connectivity index (χ3v) is 4.04. The maximum absolute atomic E-state index is 13.5. The van der Waals surface area contributed by atoms with Gasteiger partial charge in [-0.3, -0.25) is 10.1 Å². The molecule has 0 spiro atoms. The van der Waals surface area contributed by atoms with Crippen molar-refractivity contribution in [3.63, 3.8) is 0 Å².